The van der Waals surface area contributed by atoms with E-state index in [1.165, 1.54) is 0 Å². The number of hydrogen-bond donors (Lipinski definition) is 3. The van der Waals surface area contributed by atoms with Crippen molar-refractivity contribution in [2.24, 2.45) is 11.0 Å². The Bertz CT molecular complexity index is 1500. The van der Waals surface area contributed by atoms with E-state index in [1.54, 1.807) is 59.7 Å². The van der Waals surface area contributed by atoms with Crippen LogP contribution in [0.15, 0.2) is 53.6 Å². The van der Waals surface area contributed by atoms with Crippen molar-refractivity contribution in [2.75, 3.05) is 26.2 Å². The van der Waals surface area contributed by atoms with Crippen molar-refractivity contribution in [1.29, 1.82) is 5.41 Å². The number of rotatable bonds is 7. The standard InChI is InChI=1S/C35H47N5O7/c1-23(25-11-9-8-10-12-25)38-39-18-15-24(16-19-39)22-45-27-14-13-26-17-20-40(32(44)47-34(5,6)7)35(28(26)21-27,29(36)37-31(42)43)30(41)46-33(2,3)4/h8-14,21,24H,15-20,22H2,1-7H3,(H2,36,37)(H,42,43)/b38-23+. The van der Waals surface area contributed by atoms with Crippen LogP contribution in [0, 0.1) is 11.3 Å². The summed E-state index contributed by atoms with van der Waals surface area (Å²) in [6, 6.07) is 15.2. The number of nitrogens with one attached hydrogen (secondary N) is 2. The molecule has 2 amide bonds. The van der Waals surface area contributed by atoms with Crippen molar-refractivity contribution in [3.05, 3.63) is 65.2 Å². The van der Waals surface area contributed by atoms with Crippen LogP contribution in [0.2, 0.25) is 0 Å². The maximum absolute atomic E-state index is 14.2. The highest BCUT2D eigenvalue weighted by molar-refractivity contribution is 6.15. The molecule has 12 heteroatoms. The van der Waals surface area contributed by atoms with Gasteiger partial charge in [0.15, 0.2) is 0 Å². The summed E-state index contributed by atoms with van der Waals surface area (Å²) < 4.78 is 17.7. The van der Waals surface area contributed by atoms with E-state index >= 15 is 0 Å². The zero-order valence-corrected chi connectivity index (χ0v) is 28.4. The number of benzene rings is 2. The zero-order valence-electron chi connectivity index (χ0n) is 28.4. The predicted molar refractivity (Wildman–Crippen MR) is 178 cm³/mol. The molecular weight excluding hydrogens is 602 g/mol. The lowest BCUT2D eigenvalue weighted by atomic mass is 9.79. The number of carbonyl (C=O) groups is 3. The van der Waals surface area contributed by atoms with Gasteiger partial charge in [-0.1, -0.05) is 36.4 Å². The van der Waals surface area contributed by atoms with E-state index < -0.39 is 40.7 Å². The lowest BCUT2D eigenvalue weighted by molar-refractivity contribution is -0.166. The largest absolute Gasteiger partial charge is 0.493 e. The Labute approximate surface area is 276 Å². The van der Waals surface area contributed by atoms with Crippen LogP contribution in [-0.2, 0) is 26.2 Å². The highest BCUT2D eigenvalue weighted by atomic mass is 16.6. The zero-order chi connectivity index (χ0) is 34.6. The highest BCUT2D eigenvalue weighted by Gasteiger charge is 2.58. The van der Waals surface area contributed by atoms with Crippen molar-refractivity contribution in [3.63, 3.8) is 0 Å². The summed E-state index contributed by atoms with van der Waals surface area (Å²) in [4.78, 5) is 40.8. The van der Waals surface area contributed by atoms with Crippen molar-refractivity contribution < 1.29 is 33.7 Å². The topological polar surface area (TPSA) is 154 Å². The van der Waals surface area contributed by atoms with Crippen LogP contribution in [0.4, 0.5) is 9.59 Å². The molecule has 1 atom stereocenters. The minimum absolute atomic E-state index is 0.0180. The fourth-order valence-electron chi connectivity index (χ4n) is 5.78. The van der Waals surface area contributed by atoms with Crippen LogP contribution >= 0.6 is 0 Å². The van der Waals surface area contributed by atoms with E-state index in [0.717, 1.165) is 42.1 Å². The minimum Gasteiger partial charge on any atom is -0.493 e. The maximum Gasteiger partial charge on any atom is 0.411 e. The summed E-state index contributed by atoms with van der Waals surface area (Å²) in [7, 11) is 0. The molecule has 2 heterocycles. The fourth-order valence-corrected chi connectivity index (χ4v) is 5.78. The monoisotopic (exact) mass is 649 g/mol. The van der Waals surface area contributed by atoms with Crippen molar-refractivity contribution in [2.45, 2.75) is 84.5 Å². The first kappa shape index (κ1) is 35.2. The second-order valence-corrected chi connectivity index (χ2v) is 14.0. The maximum atomic E-state index is 14.2. The first-order chi connectivity index (χ1) is 22.0. The van der Waals surface area contributed by atoms with Gasteiger partial charge in [0.2, 0.25) is 5.54 Å². The van der Waals surface area contributed by atoms with Gasteiger partial charge in [-0.25, -0.2) is 14.4 Å². The van der Waals surface area contributed by atoms with Gasteiger partial charge in [0.1, 0.15) is 22.8 Å². The number of piperidine rings is 1. The van der Waals surface area contributed by atoms with Gasteiger partial charge in [-0.15, -0.1) is 0 Å². The summed E-state index contributed by atoms with van der Waals surface area (Å²) in [5.74, 6) is -1.05. The molecule has 1 unspecified atom stereocenters. The Hall–Kier alpha value is -4.61. The third-order valence-electron chi connectivity index (χ3n) is 7.94. The van der Waals surface area contributed by atoms with Gasteiger partial charge in [0, 0.05) is 25.2 Å². The number of amidine groups is 1. The quantitative estimate of drug-likeness (QED) is 0.194. The van der Waals surface area contributed by atoms with E-state index in [9.17, 15) is 19.5 Å². The molecule has 0 aliphatic carbocycles. The van der Waals surface area contributed by atoms with Gasteiger partial charge in [0.05, 0.1) is 12.3 Å². The normalized spacial score (nSPS) is 19.0. The Morgan fingerprint density at radius 1 is 0.979 bits per heavy atom. The molecule has 2 aliphatic heterocycles. The molecule has 2 aromatic rings. The number of hydrogen-bond acceptors (Lipinski definition) is 9. The van der Waals surface area contributed by atoms with Crippen molar-refractivity contribution in [3.8, 4) is 5.75 Å². The number of ether oxygens (including phenoxy) is 3. The summed E-state index contributed by atoms with van der Waals surface area (Å²) in [6.45, 7) is 14.0. The second kappa shape index (κ2) is 14.0. The first-order valence-corrected chi connectivity index (χ1v) is 15.9. The molecular formula is C35H47N5O7. The number of carbonyl (C=O) groups excluding carboxylic acids is 2. The van der Waals surface area contributed by atoms with Crippen LogP contribution in [0.3, 0.4) is 0 Å². The molecule has 4 rings (SSSR count). The van der Waals surface area contributed by atoms with Gasteiger partial charge in [-0.05, 0) is 96.9 Å². The molecule has 1 saturated heterocycles. The Morgan fingerprint density at radius 3 is 2.21 bits per heavy atom. The molecule has 0 aromatic heterocycles. The summed E-state index contributed by atoms with van der Waals surface area (Å²) in [5.41, 5.74) is -1.29. The third-order valence-corrected chi connectivity index (χ3v) is 7.94. The molecule has 12 nitrogen and oxygen atoms in total. The van der Waals surface area contributed by atoms with Crippen LogP contribution in [0.1, 0.15) is 78.0 Å². The van der Waals surface area contributed by atoms with Crippen LogP contribution in [0.5, 0.6) is 5.75 Å². The van der Waals surface area contributed by atoms with Gasteiger partial charge in [-0.3, -0.25) is 20.6 Å². The third kappa shape index (κ3) is 8.60. The van der Waals surface area contributed by atoms with E-state index in [2.05, 4.69) is 5.01 Å². The Kier molecular flexibility index (Phi) is 10.5. The van der Waals surface area contributed by atoms with Crippen LogP contribution in [0.25, 0.3) is 0 Å². The van der Waals surface area contributed by atoms with Crippen LogP contribution in [-0.4, -0.2) is 82.2 Å². The van der Waals surface area contributed by atoms with E-state index in [4.69, 9.17) is 24.7 Å². The molecule has 1 fully saturated rings. The molecule has 254 valence electrons. The Balaban J connectivity index is 1.62. The lowest BCUT2D eigenvalue weighted by Gasteiger charge is -2.46. The fraction of sp³-hybridized carbons (Fsp3) is 0.514. The smallest absolute Gasteiger partial charge is 0.411 e. The molecule has 0 bridgehead atoms. The van der Waals surface area contributed by atoms with E-state index in [1.807, 2.05) is 42.6 Å². The van der Waals surface area contributed by atoms with Gasteiger partial charge < -0.3 is 19.3 Å². The summed E-state index contributed by atoms with van der Waals surface area (Å²) in [5, 5.41) is 27.5. The first-order valence-electron chi connectivity index (χ1n) is 15.9. The number of amides is 2. The second-order valence-electron chi connectivity index (χ2n) is 14.0. The number of esters is 1. The minimum atomic E-state index is -2.28. The van der Waals surface area contributed by atoms with Gasteiger partial charge in [-0.2, -0.15) is 5.10 Å². The molecule has 0 spiro atoms. The summed E-state index contributed by atoms with van der Waals surface area (Å²) in [6.07, 6.45) is -0.359. The van der Waals surface area contributed by atoms with Gasteiger partial charge >= 0.3 is 18.2 Å². The SMILES string of the molecule is C/C(=N\N1CCC(COc2ccc3c(c2)C(C(=N)NC(=O)O)(C(=O)OC(C)(C)C)N(C(=O)OC(C)(C)C)CC3)CC1)c1ccccc1. The molecule has 0 radical (unpaired) electrons. The molecule has 0 saturated carbocycles. The lowest BCUT2D eigenvalue weighted by Crippen LogP contribution is -2.67. The number of fused-ring (bicyclic) bond motifs is 1. The van der Waals surface area contributed by atoms with E-state index in [-0.39, 0.29) is 18.0 Å². The molecule has 47 heavy (non-hydrogen) atoms. The Morgan fingerprint density at radius 2 is 1.62 bits per heavy atom. The van der Waals surface area contributed by atoms with Crippen LogP contribution < -0.4 is 10.1 Å². The van der Waals surface area contributed by atoms with Gasteiger partial charge in [0.25, 0.3) is 0 Å². The highest BCUT2D eigenvalue weighted by Crippen LogP contribution is 2.41. The average molecular weight is 650 g/mol. The predicted octanol–water partition coefficient (Wildman–Crippen LogP) is 5.78. The van der Waals surface area contributed by atoms with Crippen molar-refractivity contribution in [1.82, 2.24) is 15.2 Å². The van der Waals surface area contributed by atoms with E-state index in [0.29, 0.717) is 24.3 Å². The number of nitrogens with zero attached hydrogens (tertiary/aromatic N) is 3. The average Bonchev–Trinajstić information content (AvgIpc) is 2.98. The summed E-state index contributed by atoms with van der Waals surface area (Å²) >= 11 is 0. The van der Waals surface area contributed by atoms with Crippen molar-refractivity contribution >= 4 is 29.7 Å². The molecule has 2 aromatic carbocycles. The molecule has 3 N–H and O–H groups in total. The molecule has 2 aliphatic rings. The number of hydrazone groups is 1. The number of carboxylic acid groups (broad SMARTS) is 1.